The molecule has 2 nitrogen and oxygen atoms in total. The Morgan fingerprint density at radius 1 is 1.15 bits per heavy atom. The molecule has 0 aliphatic carbocycles. The topological polar surface area (TPSA) is 18.5 Å². The number of ether oxygens (including phenoxy) is 2. The van der Waals surface area contributed by atoms with Crippen molar-refractivity contribution < 1.29 is 9.47 Å². The van der Waals surface area contributed by atoms with Crippen LogP contribution in [0, 0.1) is 6.61 Å². The molecule has 1 aliphatic rings. The zero-order valence-corrected chi connectivity index (χ0v) is 12.3. The average molecular weight is 288 g/mol. The summed E-state index contributed by atoms with van der Waals surface area (Å²) in [5.74, 6) is 1.56. The quantitative estimate of drug-likeness (QED) is 0.818. The van der Waals surface area contributed by atoms with Gasteiger partial charge in [-0.1, -0.05) is 41.9 Å². The Balaban J connectivity index is 1.80. The molecule has 0 fully saturated rings. The van der Waals surface area contributed by atoms with E-state index < -0.39 is 0 Å². The van der Waals surface area contributed by atoms with Crippen LogP contribution in [0.25, 0.3) is 0 Å². The van der Waals surface area contributed by atoms with Crippen LogP contribution < -0.4 is 9.47 Å². The minimum Gasteiger partial charge on any atom is -0.483 e. The van der Waals surface area contributed by atoms with Gasteiger partial charge in [0, 0.05) is 22.6 Å². The Bertz CT molecular complexity index is 635. The van der Waals surface area contributed by atoms with Gasteiger partial charge in [0.25, 0.3) is 0 Å². The fraction of sp³-hybridized carbons (Fsp3) is 0.235. The van der Waals surface area contributed by atoms with Crippen molar-refractivity contribution in [2.45, 2.75) is 25.9 Å². The number of halogens is 1. The van der Waals surface area contributed by atoms with Gasteiger partial charge in [-0.05, 0) is 26.0 Å². The van der Waals surface area contributed by atoms with Gasteiger partial charge in [-0.25, -0.2) is 0 Å². The first kappa shape index (κ1) is 13.3. The van der Waals surface area contributed by atoms with E-state index in [0.29, 0.717) is 5.02 Å². The van der Waals surface area contributed by atoms with Crippen molar-refractivity contribution in [1.82, 2.24) is 0 Å². The lowest BCUT2D eigenvalue weighted by Crippen LogP contribution is -2.24. The van der Waals surface area contributed by atoms with Crippen LogP contribution in [0.4, 0.5) is 0 Å². The van der Waals surface area contributed by atoms with E-state index in [4.69, 9.17) is 21.1 Å². The molecule has 0 bridgehead atoms. The molecule has 1 heterocycles. The molecule has 2 aromatic rings. The van der Waals surface area contributed by atoms with Crippen molar-refractivity contribution in [1.29, 1.82) is 0 Å². The number of rotatable bonds is 3. The highest BCUT2D eigenvalue weighted by Crippen LogP contribution is 2.42. The molecule has 0 aromatic heterocycles. The SMILES string of the molecule is CC1(C)Cc2cccc(O[CH]c3ccccc3Cl)c2O1. The Kier molecular flexibility index (Phi) is 3.35. The van der Waals surface area contributed by atoms with Crippen LogP contribution in [0.15, 0.2) is 42.5 Å². The first-order valence-corrected chi connectivity index (χ1v) is 6.98. The summed E-state index contributed by atoms with van der Waals surface area (Å²) in [5.41, 5.74) is 1.86. The zero-order valence-electron chi connectivity index (χ0n) is 11.5. The summed E-state index contributed by atoms with van der Waals surface area (Å²) in [7, 11) is 0. The molecular formula is C17H16ClO2. The second-order valence-corrected chi connectivity index (χ2v) is 5.95. The number of hydrogen-bond donors (Lipinski definition) is 0. The highest BCUT2D eigenvalue weighted by molar-refractivity contribution is 6.31. The van der Waals surface area contributed by atoms with Crippen LogP contribution >= 0.6 is 11.6 Å². The zero-order chi connectivity index (χ0) is 14.2. The largest absolute Gasteiger partial charge is 0.483 e. The number of fused-ring (bicyclic) bond motifs is 1. The van der Waals surface area contributed by atoms with E-state index in [9.17, 15) is 0 Å². The van der Waals surface area contributed by atoms with Crippen molar-refractivity contribution in [2.75, 3.05) is 0 Å². The van der Waals surface area contributed by atoms with Gasteiger partial charge in [0.15, 0.2) is 18.1 Å². The summed E-state index contributed by atoms with van der Waals surface area (Å²) in [4.78, 5) is 0. The van der Waals surface area contributed by atoms with Crippen LogP contribution in [0.5, 0.6) is 11.5 Å². The van der Waals surface area contributed by atoms with E-state index in [1.807, 2.05) is 36.4 Å². The maximum absolute atomic E-state index is 6.11. The summed E-state index contributed by atoms with van der Waals surface area (Å²) in [6, 6.07) is 13.5. The molecule has 0 atom stereocenters. The summed E-state index contributed by atoms with van der Waals surface area (Å²) in [5, 5.41) is 0.668. The summed E-state index contributed by atoms with van der Waals surface area (Å²) in [6.45, 7) is 5.82. The Morgan fingerprint density at radius 3 is 2.75 bits per heavy atom. The number of hydrogen-bond acceptors (Lipinski definition) is 2. The van der Waals surface area contributed by atoms with Gasteiger partial charge in [-0.15, -0.1) is 0 Å². The highest BCUT2D eigenvalue weighted by Gasteiger charge is 2.32. The Hall–Kier alpha value is -1.67. The second-order valence-electron chi connectivity index (χ2n) is 5.54. The standard InChI is InChI=1S/C17H16ClO2/c1-17(2)10-12-7-5-9-15(16(12)20-17)19-11-13-6-3-4-8-14(13)18/h3-9,11H,10H2,1-2H3. The molecule has 0 spiro atoms. The highest BCUT2D eigenvalue weighted by atomic mass is 35.5. The first-order valence-electron chi connectivity index (χ1n) is 6.60. The number of para-hydroxylation sites is 1. The third kappa shape index (κ3) is 2.61. The van der Waals surface area contributed by atoms with E-state index in [0.717, 1.165) is 23.5 Å². The molecule has 1 radical (unpaired) electrons. The van der Waals surface area contributed by atoms with Crippen molar-refractivity contribution in [2.24, 2.45) is 0 Å². The molecule has 0 N–H and O–H groups in total. The van der Waals surface area contributed by atoms with Crippen molar-refractivity contribution in [3.8, 4) is 11.5 Å². The van der Waals surface area contributed by atoms with E-state index in [2.05, 4.69) is 19.9 Å². The van der Waals surface area contributed by atoms with E-state index in [1.165, 1.54) is 5.56 Å². The summed E-state index contributed by atoms with van der Waals surface area (Å²) in [6.07, 6.45) is 0.894. The predicted octanol–water partition coefficient (Wildman–Crippen LogP) is 4.64. The Morgan fingerprint density at radius 2 is 1.95 bits per heavy atom. The molecule has 3 heteroatoms. The maximum Gasteiger partial charge on any atom is 0.166 e. The molecule has 0 amide bonds. The second kappa shape index (κ2) is 5.02. The normalized spacial score (nSPS) is 15.6. The van der Waals surface area contributed by atoms with Crippen molar-refractivity contribution >= 4 is 11.6 Å². The van der Waals surface area contributed by atoms with Crippen LogP contribution in [0.2, 0.25) is 5.02 Å². The van der Waals surface area contributed by atoms with Crippen LogP contribution in [-0.4, -0.2) is 5.60 Å². The smallest absolute Gasteiger partial charge is 0.166 e. The molecule has 1 aliphatic heterocycles. The Labute approximate surface area is 124 Å². The third-order valence-corrected chi connectivity index (χ3v) is 3.62. The van der Waals surface area contributed by atoms with Crippen LogP contribution in [0.1, 0.15) is 25.0 Å². The van der Waals surface area contributed by atoms with Crippen LogP contribution in [0.3, 0.4) is 0 Å². The predicted molar refractivity (Wildman–Crippen MR) is 80.3 cm³/mol. The molecule has 3 rings (SSSR count). The van der Waals surface area contributed by atoms with Gasteiger partial charge in [0.1, 0.15) is 5.60 Å². The van der Waals surface area contributed by atoms with Gasteiger partial charge in [0.2, 0.25) is 0 Å². The molecule has 0 unspecified atom stereocenters. The first-order chi connectivity index (χ1) is 9.55. The minimum absolute atomic E-state index is 0.174. The van der Waals surface area contributed by atoms with Crippen molar-refractivity contribution in [3.05, 3.63) is 65.2 Å². The maximum atomic E-state index is 6.11. The molecule has 20 heavy (non-hydrogen) atoms. The van der Waals surface area contributed by atoms with E-state index in [-0.39, 0.29) is 5.60 Å². The lowest BCUT2D eigenvalue weighted by atomic mass is 10.0. The van der Waals surface area contributed by atoms with Gasteiger partial charge in [-0.3, -0.25) is 0 Å². The fourth-order valence-electron chi connectivity index (χ4n) is 2.38. The van der Waals surface area contributed by atoms with E-state index >= 15 is 0 Å². The summed E-state index contributed by atoms with van der Waals surface area (Å²) >= 11 is 6.11. The fourth-order valence-corrected chi connectivity index (χ4v) is 2.56. The molecule has 0 saturated heterocycles. The number of benzene rings is 2. The van der Waals surface area contributed by atoms with Crippen molar-refractivity contribution in [3.63, 3.8) is 0 Å². The van der Waals surface area contributed by atoms with Gasteiger partial charge in [0.05, 0.1) is 0 Å². The molecular weight excluding hydrogens is 272 g/mol. The minimum atomic E-state index is -0.174. The third-order valence-electron chi connectivity index (χ3n) is 3.27. The van der Waals surface area contributed by atoms with Gasteiger partial charge in [-0.2, -0.15) is 0 Å². The van der Waals surface area contributed by atoms with Gasteiger partial charge < -0.3 is 9.47 Å². The lowest BCUT2D eigenvalue weighted by molar-refractivity contribution is 0.134. The van der Waals surface area contributed by atoms with Gasteiger partial charge >= 0.3 is 0 Å². The van der Waals surface area contributed by atoms with Crippen LogP contribution in [-0.2, 0) is 6.42 Å². The van der Waals surface area contributed by atoms with E-state index in [1.54, 1.807) is 6.61 Å². The monoisotopic (exact) mass is 287 g/mol. The summed E-state index contributed by atoms with van der Waals surface area (Å²) < 4.78 is 11.7. The lowest BCUT2D eigenvalue weighted by Gasteiger charge is -2.18. The molecule has 2 aromatic carbocycles. The molecule has 0 saturated carbocycles. The average Bonchev–Trinajstić information content (AvgIpc) is 2.72. The molecule has 103 valence electrons.